The quantitative estimate of drug-likeness (QED) is 0.588. The molecule has 1 aliphatic heterocycles. The molecular weight excluding hydrogens is 418 g/mol. The van der Waals surface area contributed by atoms with E-state index < -0.39 is 0 Å². The summed E-state index contributed by atoms with van der Waals surface area (Å²) < 4.78 is 12.0. The normalized spacial score (nSPS) is 21.3. The number of aliphatic hydroxyl groups is 1. The monoisotopic (exact) mass is 449 g/mol. The van der Waals surface area contributed by atoms with Crippen LogP contribution in [0.2, 0.25) is 0 Å². The molecule has 2 aliphatic rings. The third-order valence-electron chi connectivity index (χ3n) is 6.62. The van der Waals surface area contributed by atoms with Gasteiger partial charge < -0.3 is 19.5 Å². The van der Waals surface area contributed by atoms with Gasteiger partial charge in [0.05, 0.1) is 24.8 Å². The van der Waals surface area contributed by atoms with Crippen LogP contribution in [0.1, 0.15) is 37.1 Å². The zero-order valence-electron chi connectivity index (χ0n) is 18.9. The van der Waals surface area contributed by atoms with Crippen molar-refractivity contribution in [1.29, 1.82) is 0 Å². The Hall–Kier alpha value is -2.84. The second-order valence-corrected chi connectivity index (χ2v) is 8.91. The average Bonchev–Trinajstić information content (AvgIpc) is 2.87. The first-order valence-electron chi connectivity index (χ1n) is 11.9. The zero-order chi connectivity index (χ0) is 22.5. The number of hydrogen-bond donors (Lipinski definition) is 1. The molecule has 0 atom stereocenters. The van der Waals surface area contributed by atoms with Crippen LogP contribution in [0, 0.1) is 5.92 Å². The number of aromatic nitrogens is 4. The first-order valence-corrected chi connectivity index (χ1v) is 11.9. The van der Waals surface area contributed by atoms with Gasteiger partial charge in [0.25, 0.3) is 0 Å². The van der Waals surface area contributed by atoms with Gasteiger partial charge in [-0.3, -0.25) is 4.98 Å². The molecule has 0 radical (unpaired) electrons. The number of hydrogen-bond acceptors (Lipinski definition) is 8. The van der Waals surface area contributed by atoms with Gasteiger partial charge in [-0.1, -0.05) is 0 Å². The average molecular weight is 450 g/mol. The summed E-state index contributed by atoms with van der Waals surface area (Å²) in [7, 11) is 0. The molecule has 1 aliphatic carbocycles. The number of nitrogens with zero attached hydrogens (tertiary/aromatic N) is 5. The summed E-state index contributed by atoms with van der Waals surface area (Å²) in [6.07, 6.45) is 13.0. The maximum absolute atomic E-state index is 9.04. The van der Waals surface area contributed by atoms with E-state index in [2.05, 4.69) is 37.0 Å². The van der Waals surface area contributed by atoms with E-state index in [-0.39, 0.29) is 12.7 Å². The highest BCUT2D eigenvalue weighted by molar-refractivity contribution is 5.85. The summed E-state index contributed by atoms with van der Waals surface area (Å²) in [6.45, 7) is 3.36. The number of ether oxygens (including phenoxy) is 2. The van der Waals surface area contributed by atoms with Crippen molar-refractivity contribution in [3.05, 3.63) is 48.3 Å². The Bertz CT molecular complexity index is 1050. The van der Waals surface area contributed by atoms with Gasteiger partial charge in [0.15, 0.2) is 0 Å². The van der Waals surface area contributed by atoms with Crippen LogP contribution in [0.15, 0.2) is 36.9 Å². The van der Waals surface area contributed by atoms with Gasteiger partial charge in [0.1, 0.15) is 17.1 Å². The standard InChI is InChI=1S/C25H31N5O3/c31-10-5-19-16-28-24(29-17-19)13-18-1-3-21(4-2-18)33-23-15-20(30-8-11-32-12-9-30)14-22-25(23)27-7-6-26-22/h6-7,14-18,21,31H,1-5,8-13H2. The van der Waals surface area contributed by atoms with Gasteiger partial charge in [-0.25, -0.2) is 15.0 Å². The SMILES string of the molecule is OCCc1cnc(CC2CCC(Oc3cc(N4CCOCC4)cc4nccnc34)CC2)nc1. The first-order chi connectivity index (χ1) is 16.3. The molecule has 3 heterocycles. The van der Waals surface area contributed by atoms with E-state index in [0.29, 0.717) is 12.3 Å². The number of anilines is 1. The van der Waals surface area contributed by atoms with E-state index in [4.69, 9.17) is 14.6 Å². The molecule has 33 heavy (non-hydrogen) atoms. The highest BCUT2D eigenvalue weighted by atomic mass is 16.5. The summed E-state index contributed by atoms with van der Waals surface area (Å²) in [5, 5.41) is 9.04. The van der Waals surface area contributed by atoms with Gasteiger partial charge in [0, 0.05) is 62.7 Å². The molecule has 0 amide bonds. The molecule has 3 aromatic rings. The Morgan fingerprint density at radius 1 is 0.970 bits per heavy atom. The molecule has 0 unspecified atom stereocenters. The van der Waals surface area contributed by atoms with Crippen LogP contribution in [0.3, 0.4) is 0 Å². The minimum Gasteiger partial charge on any atom is -0.488 e. The molecule has 1 saturated carbocycles. The molecule has 174 valence electrons. The second-order valence-electron chi connectivity index (χ2n) is 8.91. The molecule has 1 N–H and O–H groups in total. The van der Waals surface area contributed by atoms with Gasteiger partial charge >= 0.3 is 0 Å². The smallest absolute Gasteiger partial charge is 0.149 e. The fourth-order valence-corrected chi connectivity index (χ4v) is 4.76. The fourth-order valence-electron chi connectivity index (χ4n) is 4.76. The van der Waals surface area contributed by atoms with E-state index >= 15 is 0 Å². The molecule has 1 saturated heterocycles. The van der Waals surface area contributed by atoms with E-state index in [1.54, 1.807) is 12.4 Å². The predicted molar refractivity (Wildman–Crippen MR) is 125 cm³/mol. The lowest BCUT2D eigenvalue weighted by atomic mass is 9.85. The lowest BCUT2D eigenvalue weighted by Crippen LogP contribution is -2.36. The highest BCUT2D eigenvalue weighted by Gasteiger charge is 2.25. The fraction of sp³-hybridized carbons (Fsp3) is 0.520. The van der Waals surface area contributed by atoms with Crippen LogP contribution in [0.25, 0.3) is 11.0 Å². The zero-order valence-corrected chi connectivity index (χ0v) is 18.9. The molecule has 8 heteroatoms. The highest BCUT2D eigenvalue weighted by Crippen LogP contribution is 2.34. The number of rotatable bonds is 7. The second kappa shape index (κ2) is 10.4. The molecule has 5 rings (SSSR count). The van der Waals surface area contributed by atoms with E-state index in [9.17, 15) is 0 Å². The van der Waals surface area contributed by atoms with Gasteiger partial charge in [0.2, 0.25) is 0 Å². The Labute approximate surface area is 194 Å². The Kier molecular flexibility index (Phi) is 6.92. The third kappa shape index (κ3) is 5.39. The van der Waals surface area contributed by atoms with Gasteiger partial charge in [-0.05, 0) is 49.7 Å². The van der Waals surface area contributed by atoms with Crippen molar-refractivity contribution >= 4 is 16.7 Å². The lowest BCUT2D eigenvalue weighted by Gasteiger charge is -2.31. The minimum absolute atomic E-state index is 0.128. The van der Waals surface area contributed by atoms with Gasteiger partial charge in [-0.2, -0.15) is 0 Å². The largest absolute Gasteiger partial charge is 0.488 e. The molecule has 1 aromatic carbocycles. The molecule has 0 bridgehead atoms. The van der Waals surface area contributed by atoms with Crippen molar-refractivity contribution in [3.8, 4) is 5.75 Å². The summed E-state index contributed by atoms with van der Waals surface area (Å²) in [6, 6.07) is 4.22. The van der Waals surface area contributed by atoms with Crippen molar-refractivity contribution < 1.29 is 14.6 Å². The van der Waals surface area contributed by atoms with Crippen LogP contribution < -0.4 is 9.64 Å². The number of aliphatic hydroxyl groups excluding tert-OH is 1. The maximum atomic E-state index is 9.04. The minimum atomic E-state index is 0.128. The molecule has 2 aromatic heterocycles. The predicted octanol–water partition coefficient (Wildman–Crippen LogP) is 2.97. The topological polar surface area (TPSA) is 93.5 Å². The van der Waals surface area contributed by atoms with Crippen LogP contribution in [0.5, 0.6) is 5.75 Å². The maximum Gasteiger partial charge on any atom is 0.149 e. The van der Waals surface area contributed by atoms with Gasteiger partial charge in [-0.15, -0.1) is 0 Å². The van der Waals surface area contributed by atoms with E-state index in [0.717, 1.165) is 92.3 Å². The summed E-state index contributed by atoms with van der Waals surface area (Å²) in [5.41, 5.74) is 3.80. The molecule has 8 nitrogen and oxygen atoms in total. The summed E-state index contributed by atoms with van der Waals surface area (Å²) >= 11 is 0. The van der Waals surface area contributed by atoms with Crippen LogP contribution >= 0.6 is 0 Å². The molecule has 2 fully saturated rings. The van der Waals surface area contributed by atoms with Crippen molar-refractivity contribution in [3.63, 3.8) is 0 Å². The van der Waals surface area contributed by atoms with Crippen molar-refractivity contribution in [2.24, 2.45) is 5.92 Å². The van der Waals surface area contributed by atoms with Crippen molar-refractivity contribution in [2.75, 3.05) is 37.8 Å². The first kappa shape index (κ1) is 22.0. The van der Waals surface area contributed by atoms with Crippen LogP contribution in [-0.2, 0) is 17.6 Å². The summed E-state index contributed by atoms with van der Waals surface area (Å²) in [4.78, 5) is 20.4. The van der Waals surface area contributed by atoms with Crippen molar-refractivity contribution in [2.45, 2.75) is 44.6 Å². The lowest BCUT2D eigenvalue weighted by molar-refractivity contribution is 0.122. The van der Waals surface area contributed by atoms with Crippen molar-refractivity contribution in [1.82, 2.24) is 19.9 Å². The number of morpholine rings is 1. The van der Waals surface area contributed by atoms with Crippen LogP contribution in [0.4, 0.5) is 5.69 Å². The Balaban J connectivity index is 1.23. The Morgan fingerprint density at radius 2 is 1.73 bits per heavy atom. The molecular formula is C25H31N5O3. The summed E-state index contributed by atoms with van der Waals surface area (Å²) in [5.74, 6) is 2.29. The molecule has 0 spiro atoms. The van der Waals surface area contributed by atoms with E-state index in [1.807, 2.05) is 12.4 Å². The Morgan fingerprint density at radius 3 is 2.48 bits per heavy atom. The number of benzene rings is 1. The van der Waals surface area contributed by atoms with E-state index in [1.165, 1.54) is 0 Å². The number of fused-ring (bicyclic) bond motifs is 1. The van der Waals surface area contributed by atoms with Crippen LogP contribution in [-0.4, -0.2) is 64.1 Å². The third-order valence-corrected chi connectivity index (χ3v) is 6.62.